The Morgan fingerprint density at radius 3 is 2.50 bits per heavy atom. The average Bonchev–Trinajstić information content (AvgIpc) is 2.96. The maximum atomic E-state index is 13.2. The van der Waals surface area contributed by atoms with E-state index in [1.54, 1.807) is 12.1 Å². The SMILES string of the molecule is COc1ccc(C)cc1S(=O)(=O)N1CCC[C@H](C(=O)NC2CCCCCC2)C1. The number of carbonyl (C=O) groups is 1. The second-order valence-electron chi connectivity index (χ2n) is 8.05. The predicted octanol–water partition coefficient (Wildman–Crippen LogP) is 3.24. The van der Waals surface area contributed by atoms with Gasteiger partial charge in [0.1, 0.15) is 10.6 Å². The standard InChI is InChI=1S/C21H32N2O4S/c1-16-11-12-19(27-2)20(14-16)28(25,26)23-13-7-8-17(15-23)21(24)22-18-9-5-3-4-6-10-18/h11-12,14,17-18H,3-10,13,15H2,1-2H3,(H,22,24)/t17-/m0/s1. The largest absolute Gasteiger partial charge is 0.495 e. The van der Waals surface area contributed by atoms with E-state index in [0.717, 1.165) is 37.7 Å². The van der Waals surface area contributed by atoms with Crippen molar-refractivity contribution < 1.29 is 17.9 Å². The first-order valence-electron chi connectivity index (χ1n) is 10.4. The number of nitrogens with one attached hydrogen (secondary N) is 1. The van der Waals surface area contributed by atoms with Crippen molar-refractivity contribution >= 4 is 15.9 Å². The van der Waals surface area contributed by atoms with Gasteiger partial charge in [-0.3, -0.25) is 4.79 Å². The number of rotatable bonds is 5. The fourth-order valence-corrected chi connectivity index (χ4v) is 6.01. The van der Waals surface area contributed by atoms with E-state index in [-0.39, 0.29) is 29.3 Å². The minimum Gasteiger partial charge on any atom is -0.495 e. The van der Waals surface area contributed by atoms with Gasteiger partial charge in [-0.15, -0.1) is 0 Å². The van der Waals surface area contributed by atoms with Crippen molar-refractivity contribution in [1.29, 1.82) is 0 Å². The fraction of sp³-hybridized carbons (Fsp3) is 0.667. The summed E-state index contributed by atoms with van der Waals surface area (Å²) in [6.07, 6.45) is 8.26. The first-order valence-corrected chi connectivity index (χ1v) is 11.8. The van der Waals surface area contributed by atoms with Crippen LogP contribution in [0.4, 0.5) is 0 Å². The number of hydrogen-bond acceptors (Lipinski definition) is 4. The van der Waals surface area contributed by atoms with Gasteiger partial charge < -0.3 is 10.1 Å². The lowest BCUT2D eigenvalue weighted by Gasteiger charge is -2.32. The quantitative estimate of drug-likeness (QED) is 0.759. The molecule has 156 valence electrons. The third kappa shape index (κ3) is 4.87. The number of aryl methyl sites for hydroxylation is 1. The van der Waals surface area contributed by atoms with Gasteiger partial charge in [-0.25, -0.2) is 8.42 Å². The normalized spacial score (nSPS) is 22.4. The van der Waals surface area contributed by atoms with Crippen molar-refractivity contribution in [2.45, 2.75) is 69.2 Å². The van der Waals surface area contributed by atoms with E-state index in [2.05, 4.69) is 5.32 Å². The van der Waals surface area contributed by atoms with Gasteiger partial charge in [0.25, 0.3) is 0 Å². The summed E-state index contributed by atoms with van der Waals surface area (Å²) in [6, 6.07) is 5.39. The summed E-state index contributed by atoms with van der Waals surface area (Å²) in [4.78, 5) is 13.0. The lowest BCUT2D eigenvalue weighted by Crippen LogP contribution is -2.47. The lowest BCUT2D eigenvalue weighted by molar-refractivity contribution is -0.126. The van der Waals surface area contributed by atoms with Crippen LogP contribution >= 0.6 is 0 Å². The number of amides is 1. The second-order valence-corrected chi connectivity index (χ2v) is 9.96. The van der Waals surface area contributed by atoms with Crippen LogP contribution in [0.15, 0.2) is 23.1 Å². The Balaban J connectivity index is 1.71. The molecule has 6 nitrogen and oxygen atoms in total. The number of ether oxygens (including phenoxy) is 1. The number of hydrogen-bond donors (Lipinski definition) is 1. The second kappa shape index (κ2) is 9.27. The zero-order chi connectivity index (χ0) is 20.1. The molecule has 1 aliphatic carbocycles. The molecule has 1 heterocycles. The van der Waals surface area contributed by atoms with Crippen LogP contribution in [0.25, 0.3) is 0 Å². The summed E-state index contributed by atoms with van der Waals surface area (Å²) in [5, 5.41) is 3.19. The van der Waals surface area contributed by atoms with Gasteiger partial charge in [0.05, 0.1) is 13.0 Å². The molecule has 1 N–H and O–H groups in total. The lowest BCUT2D eigenvalue weighted by atomic mass is 9.97. The zero-order valence-electron chi connectivity index (χ0n) is 16.9. The number of methoxy groups -OCH3 is 1. The molecule has 1 saturated heterocycles. The van der Waals surface area contributed by atoms with Crippen molar-refractivity contribution in [3.05, 3.63) is 23.8 Å². The van der Waals surface area contributed by atoms with E-state index in [1.807, 2.05) is 13.0 Å². The molecule has 2 fully saturated rings. The summed E-state index contributed by atoms with van der Waals surface area (Å²) in [6.45, 7) is 2.53. The molecule has 1 aliphatic heterocycles. The van der Waals surface area contributed by atoms with E-state index in [0.29, 0.717) is 18.7 Å². The Bertz CT molecular complexity index is 786. The minimum atomic E-state index is -3.70. The Hall–Kier alpha value is -1.60. The van der Waals surface area contributed by atoms with E-state index in [9.17, 15) is 13.2 Å². The fourth-order valence-electron chi connectivity index (χ4n) is 4.24. The molecule has 7 heteroatoms. The number of benzene rings is 1. The number of sulfonamides is 1. The molecule has 3 rings (SSSR count). The van der Waals surface area contributed by atoms with Gasteiger partial charge in [0.2, 0.25) is 15.9 Å². The molecule has 0 aromatic heterocycles. The van der Waals surface area contributed by atoms with E-state index < -0.39 is 10.0 Å². The molecule has 0 bridgehead atoms. The third-order valence-electron chi connectivity index (χ3n) is 5.89. The van der Waals surface area contributed by atoms with Crippen LogP contribution in [-0.2, 0) is 14.8 Å². The van der Waals surface area contributed by atoms with Crippen LogP contribution in [0, 0.1) is 12.8 Å². The molecule has 0 radical (unpaired) electrons. The van der Waals surface area contributed by atoms with Crippen molar-refractivity contribution in [3.8, 4) is 5.75 Å². The Kier molecular flexibility index (Phi) is 6.99. The highest BCUT2D eigenvalue weighted by atomic mass is 32.2. The molecular formula is C21H32N2O4S. The smallest absolute Gasteiger partial charge is 0.246 e. The van der Waals surface area contributed by atoms with Crippen LogP contribution in [-0.4, -0.2) is 44.9 Å². The van der Waals surface area contributed by atoms with Crippen LogP contribution in [0.2, 0.25) is 0 Å². The number of nitrogens with zero attached hydrogens (tertiary/aromatic N) is 1. The Morgan fingerprint density at radius 1 is 1.11 bits per heavy atom. The van der Waals surface area contributed by atoms with Gasteiger partial charge in [-0.05, 0) is 50.3 Å². The van der Waals surface area contributed by atoms with Crippen LogP contribution in [0.1, 0.15) is 56.9 Å². The highest BCUT2D eigenvalue weighted by Crippen LogP contribution is 2.31. The maximum absolute atomic E-state index is 13.2. The monoisotopic (exact) mass is 408 g/mol. The summed E-state index contributed by atoms with van der Waals surface area (Å²) < 4.78 is 33.2. The molecule has 1 aromatic rings. The zero-order valence-corrected chi connectivity index (χ0v) is 17.8. The first kappa shape index (κ1) is 21.1. The predicted molar refractivity (Wildman–Crippen MR) is 109 cm³/mol. The van der Waals surface area contributed by atoms with E-state index in [1.165, 1.54) is 24.3 Å². The van der Waals surface area contributed by atoms with Gasteiger partial charge in [0.15, 0.2) is 0 Å². The Morgan fingerprint density at radius 2 is 1.82 bits per heavy atom. The molecule has 1 aromatic carbocycles. The maximum Gasteiger partial charge on any atom is 0.246 e. The van der Waals surface area contributed by atoms with Gasteiger partial charge in [0, 0.05) is 19.1 Å². The molecular weight excluding hydrogens is 376 g/mol. The first-order chi connectivity index (χ1) is 13.4. The summed E-state index contributed by atoms with van der Waals surface area (Å²) in [5.41, 5.74) is 0.860. The summed E-state index contributed by atoms with van der Waals surface area (Å²) in [5.74, 6) is 0.0567. The minimum absolute atomic E-state index is 0.00278. The Labute approximate surface area is 168 Å². The van der Waals surface area contributed by atoms with Gasteiger partial charge in [-0.2, -0.15) is 4.31 Å². The van der Waals surface area contributed by atoms with Crippen LogP contribution < -0.4 is 10.1 Å². The summed E-state index contributed by atoms with van der Waals surface area (Å²) in [7, 11) is -2.23. The topological polar surface area (TPSA) is 75.7 Å². The van der Waals surface area contributed by atoms with Crippen molar-refractivity contribution in [1.82, 2.24) is 9.62 Å². The molecule has 0 spiro atoms. The van der Waals surface area contributed by atoms with Crippen LogP contribution in [0.5, 0.6) is 5.75 Å². The summed E-state index contributed by atoms with van der Waals surface area (Å²) >= 11 is 0. The molecule has 28 heavy (non-hydrogen) atoms. The average molecular weight is 409 g/mol. The van der Waals surface area contributed by atoms with Crippen molar-refractivity contribution in [2.75, 3.05) is 20.2 Å². The van der Waals surface area contributed by atoms with Crippen LogP contribution in [0.3, 0.4) is 0 Å². The third-order valence-corrected chi connectivity index (χ3v) is 7.78. The van der Waals surface area contributed by atoms with E-state index >= 15 is 0 Å². The molecule has 2 aliphatic rings. The molecule has 1 atom stereocenters. The molecule has 0 unspecified atom stereocenters. The van der Waals surface area contributed by atoms with Gasteiger partial charge >= 0.3 is 0 Å². The number of piperidine rings is 1. The van der Waals surface area contributed by atoms with Crippen molar-refractivity contribution in [2.24, 2.45) is 5.92 Å². The molecule has 1 amide bonds. The number of carbonyl (C=O) groups excluding carboxylic acids is 1. The van der Waals surface area contributed by atoms with Crippen molar-refractivity contribution in [3.63, 3.8) is 0 Å². The highest BCUT2D eigenvalue weighted by Gasteiger charge is 2.35. The van der Waals surface area contributed by atoms with E-state index in [4.69, 9.17) is 4.74 Å². The molecule has 1 saturated carbocycles. The highest BCUT2D eigenvalue weighted by molar-refractivity contribution is 7.89. The van der Waals surface area contributed by atoms with Gasteiger partial charge in [-0.1, -0.05) is 31.7 Å².